The van der Waals surface area contributed by atoms with Crippen LogP contribution in [-0.4, -0.2) is 23.5 Å². The zero-order valence-electron chi connectivity index (χ0n) is 11.0. The molecule has 0 radical (unpaired) electrons. The van der Waals surface area contributed by atoms with Crippen LogP contribution in [0.4, 0.5) is 14.5 Å². The van der Waals surface area contributed by atoms with E-state index in [2.05, 4.69) is 10.3 Å². The van der Waals surface area contributed by atoms with Crippen molar-refractivity contribution in [1.29, 1.82) is 0 Å². The first-order valence-corrected chi connectivity index (χ1v) is 6.64. The smallest absolute Gasteiger partial charge is 0.193 e. The first-order valence-electron chi connectivity index (χ1n) is 5.41. The summed E-state index contributed by atoms with van der Waals surface area (Å²) in [5.41, 5.74) is 5.61. The van der Waals surface area contributed by atoms with Gasteiger partial charge in [0.15, 0.2) is 5.96 Å². The number of halogens is 3. The fourth-order valence-electron chi connectivity index (χ4n) is 1.11. The van der Waals surface area contributed by atoms with E-state index in [1.807, 2.05) is 20.1 Å². The maximum absolute atomic E-state index is 13.3. The predicted molar refractivity (Wildman–Crippen MR) is 89.5 cm³/mol. The molecule has 0 aliphatic rings. The Morgan fingerprint density at radius 3 is 2.63 bits per heavy atom. The molecule has 1 aromatic rings. The van der Waals surface area contributed by atoms with Crippen LogP contribution in [0.3, 0.4) is 0 Å². The topological polar surface area (TPSA) is 50.4 Å². The molecule has 0 unspecified atom stereocenters. The van der Waals surface area contributed by atoms with Crippen LogP contribution >= 0.6 is 35.7 Å². The second kappa shape index (κ2) is 7.88. The molecular weight excluding hydrogens is 383 g/mol. The van der Waals surface area contributed by atoms with Gasteiger partial charge in [0.2, 0.25) is 0 Å². The largest absolute Gasteiger partial charge is 0.370 e. The summed E-state index contributed by atoms with van der Waals surface area (Å²) in [5, 5.41) is 2.55. The molecule has 0 aliphatic carbocycles. The number of aliphatic imine (C=N–C) groups is 1. The van der Waals surface area contributed by atoms with Crippen molar-refractivity contribution in [1.82, 2.24) is 0 Å². The lowest BCUT2D eigenvalue weighted by Gasteiger charge is -2.19. The Kier molecular flexibility index (Phi) is 7.65. The number of anilines is 1. The number of benzene rings is 1. The van der Waals surface area contributed by atoms with Crippen molar-refractivity contribution in [3.8, 4) is 0 Å². The molecular formula is C12H18F2IN3S. The quantitative estimate of drug-likeness (QED) is 0.462. The second-order valence-electron chi connectivity index (χ2n) is 4.41. The molecule has 0 saturated heterocycles. The Morgan fingerprint density at radius 2 is 2.05 bits per heavy atom. The third-order valence-electron chi connectivity index (χ3n) is 2.37. The zero-order valence-corrected chi connectivity index (χ0v) is 14.2. The average Bonchev–Trinajstić information content (AvgIpc) is 2.31. The average molecular weight is 401 g/mol. The lowest BCUT2D eigenvalue weighted by molar-refractivity contribution is 0.604. The standard InChI is InChI=1S/C12H17F2N3S.HI/c1-12(2,18-3)7-16-11(15)17-10-6-8(13)4-5-9(10)14;/h4-6H,7H2,1-3H3,(H3,15,16,17);1H. The van der Waals surface area contributed by atoms with Crippen molar-refractivity contribution < 1.29 is 8.78 Å². The van der Waals surface area contributed by atoms with Crippen LogP contribution in [0.5, 0.6) is 0 Å². The highest BCUT2D eigenvalue weighted by Gasteiger charge is 2.15. The van der Waals surface area contributed by atoms with E-state index in [9.17, 15) is 8.78 Å². The molecule has 0 spiro atoms. The van der Waals surface area contributed by atoms with Crippen molar-refractivity contribution in [2.45, 2.75) is 18.6 Å². The summed E-state index contributed by atoms with van der Waals surface area (Å²) in [6.07, 6.45) is 1.98. The van der Waals surface area contributed by atoms with E-state index >= 15 is 0 Å². The SMILES string of the molecule is CSC(C)(C)CN=C(N)Nc1cc(F)ccc1F.I. The van der Waals surface area contributed by atoms with Gasteiger partial charge in [-0.05, 0) is 32.2 Å². The summed E-state index contributed by atoms with van der Waals surface area (Å²) >= 11 is 1.66. The monoisotopic (exact) mass is 401 g/mol. The number of rotatable bonds is 4. The number of nitrogens with two attached hydrogens (primary N) is 1. The fourth-order valence-corrected chi connectivity index (χ4v) is 1.30. The summed E-state index contributed by atoms with van der Waals surface area (Å²) in [4.78, 5) is 4.11. The molecule has 0 aliphatic heterocycles. The molecule has 0 fully saturated rings. The van der Waals surface area contributed by atoms with E-state index in [0.717, 1.165) is 18.2 Å². The van der Waals surface area contributed by atoms with Gasteiger partial charge in [-0.25, -0.2) is 8.78 Å². The summed E-state index contributed by atoms with van der Waals surface area (Å²) in [7, 11) is 0. The molecule has 1 aromatic carbocycles. The lowest BCUT2D eigenvalue weighted by atomic mass is 10.2. The molecule has 0 bridgehead atoms. The number of hydrogen-bond acceptors (Lipinski definition) is 2. The Hall–Kier alpha value is -0.570. The van der Waals surface area contributed by atoms with Gasteiger partial charge in [0, 0.05) is 10.8 Å². The number of nitrogens with zero attached hydrogens (tertiary/aromatic N) is 1. The molecule has 19 heavy (non-hydrogen) atoms. The maximum atomic E-state index is 13.3. The normalized spacial score (nSPS) is 11.9. The van der Waals surface area contributed by atoms with Gasteiger partial charge in [0.25, 0.3) is 0 Å². The Labute approximate surface area is 133 Å². The first kappa shape index (κ1) is 18.4. The van der Waals surface area contributed by atoms with Gasteiger partial charge >= 0.3 is 0 Å². The molecule has 3 nitrogen and oxygen atoms in total. The van der Waals surface area contributed by atoms with Gasteiger partial charge in [-0.3, -0.25) is 4.99 Å². The summed E-state index contributed by atoms with van der Waals surface area (Å²) in [6, 6.07) is 3.12. The van der Waals surface area contributed by atoms with Crippen LogP contribution in [0.25, 0.3) is 0 Å². The van der Waals surface area contributed by atoms with Crippen molar-refractivity contribution in [2.24, 2.45) is 10.7 Å². The van der Waals surface area contributed by atoms with Gasteiger partial charge in [-0.15, -0.1) is 24.0 Å². The second-order valence-corrected chi connectivity index (χ2v) is 5.93. The van der Waals surface area contributed by atoms with Crippen LogP contribution < -0.4 is 11.1 Å². The number of hydrogen-bond donors (Lipinski definition) is 2. The van der Waals surface area contributed by atoms with Crippen LogP contribution in [-0.2, 0) is 0 Å². The molecule has 1 rings (SSSR count). The molecule has 0 saturated carbocycles. The first-order chi connectivity index (χ1) is 8.34. The van der Waals surface area contributed by atoms with E-state index in [4.69, 9.17) is 5.73 Å². The molecule has 0 atom stereocenters. The maximum Gasteiger partial charge on any atom is 0.193 e. The van der Waals surface area contributed by atoms with E-state index in [-0.39, 0.29) is 40.4 Å². The third kappa shape index (κ3) is 6.42. The summed E-state index contributed by atoms with van der Waals surface area (Å²) < 4.78 is 26.2. The van der Waals surface area contributed by atoms with Gasteiger partial charge in [0.05, 0.1) is 12.2 Å². The fraction of sp³-hybridized carbons (Fsp3) is 0.417. The summed E-state index contributed by atoms with van der Waals surface area (Å²) in [5.74, 6) is -1.03. The van der Waals surface area contributed by atoms with Crippen molar-refractivity contribution >= 4 is 47.4 Å². The lowest BCUT2D eigenvalue weighted by Crippen LogP contribution is -2.27. The molecule has 0 heterocycles. The van der Waals surface area contributed by atoms with Gasteiger partial charge in [-0.1, -0.05) is 0 Å². The van der Waals surface area contributed by atoms with Crippen LogP contribution in [0.2, 0.25) is 0 Å². The van der Waals surface area contributed by atoms with Crippen molar-refractivity contribution in [2.75, 3.05) is 18.1 Å². The minimum Gasteiger partial charge on any atom is -0.370 e. The van der Waals surface area contributed by atoms with Crippen molar-refractivity contribution in [3.63, 3.8) is 0 Å². The minimum atomic E-state index is -0.571. The van der Waals surface area contributed by atoms with Crippen LogP contribution in [0, 0.1) is 11.6 Å². The Bertz CT molecular complexity index is 453. The Morgan fingerprint density at radius 1 is 1.42 bits per heavy atom. The summed E-state index contributed by atoms with van der Waals surface area (Å²) in [6.45, 7) is 4.54. The Balaban J connectivity index is 0.00000324. The highest BCUT2D eigenvalue weighted by molar-refractivity contribution is 14.0. The van der Waals surface area contributed by atoms with Gasteiger partial charge in [0.1, 0.15) is 11.6 Å². The molecule has 3 N–H and O–H groups in total. The number of guanidine groups is 1. The third-order valence-corrected chi connectivity index (χ3v) is 3.61. The van der Waals surface area contributed by atoms with Crippen LogP contribution in [0.1, 0.15) is 13.8 Å². The van der Waals surface area contributed by atoms with E-state index in [0.29, 0.717) is 6.54 Å². The molecule has 0 aromatic heterocycles. The molecule has 7 heteroatoms. The van der Waals surface area contributed by atoms with E-state index in [1.165, 1.54) is 0 Å². The van der Waals surface area contributed by atoms with Gasteiger partial charge in [-0.2, -0.15) is 11.8 Å². The highest BCUT2D eigenvalue weighted by Crippen LogP contribution is 2.21. The predicted octanol–water partition coefficient (Wildman–Crippen LogP) is 3.45. The zero-order chi connectivity index (χ0) is 13.8. The minimum absolute atomic E-state index is 0. The van der Waals surface area contributed by atoms with E-state index < -0.39 is 11.6 Å². The number of nitrogens with one attached hydrogen (secondary N) is 1. The number of thioether (sulfide) groups is 1. The van der Waals surface area contributed by atoms with Gasteiger partial charge < -0.3 is 11.1 Å². The van der Waals surface area contributed by atoms with E-state index in [1.54, 1.807) is 11.8 Å². The van der Waals surface area contributed by atoms with Crippen LogP contribution in [0.15, 0.2) is 23.2 Å². The highest BCUT2D eigenvalue weighted by atomic mass is 127. The molecule has 108 valence electrons. The molecule has 0 amide bonds. The van der Waals surface area contributed by atoms with Crippen molar-refractivity contribution in [3.05, 3.63) is 29.8 Å².